The fourth-order valence-electron chi connectivity index (χ4n) is 2.61. The molecular weight excluding hydrogens is 392 g/mol. The van der Waals surface area contributed by atoms with Gasteiger partial charge in [-0.05, 0) is 48.4 Å². The molecule has 0 bridgehead atoms. The van der Waals surface area contributed by atoms with Gasteiger partial charge in [0, 0.05) is 5.69 Å². The highest BCUT2D eigenvalue weighted by atomic mass is 32.2. The molecule has 1 heterocycles. The molecule has 3 rings (SSSR count). The maximum absolute atomic E-state index is 12.1. The number of nitrogens with one attached hydrogen (secondary N) is 1. The van der Waals surface area contributed by atoms with Gasteiger partial charge < -0.3 is 14.8 Å². The summed E-state index contributed by atoms with van der Waals surface area (Å²) < 4.78 is 11.0. The predicted octanol–water partition coefficient (Wildman–Crippen LogP) is 3.69. The standard InChI is InChI=1S/C21H22N2O5S/c1-2-11-27-17-7-9-18(10-8-17)28-13-19(24)22-16-5-3-15(4-6-16)12-23-20(25)14-29-21(23)26/h3-10H,2,11-14H2,1H3,(H,22,24). The number of amides is 3. The number of carbonyl (C=O) groups excluding carboxylic acids is 3. The zero-order chi connectivity index (χ0) is 20.6. The van der Waals surface area contributed by atoms with Crippen LogP contribution in [0.15, 0.2) is 48.5 Å². The number of benzene rings is 2. The van der Waals surface area contributed by atoms with Crippen LogP contribution in [0.5, 0.6) is 11.5 Å². The summed E-state index contributed by atoms with van der Waals surface area (Å²) >= 11 is 1.01. The second-order valence-electron chi connectivity index (χ2n) is 6.39. The predicted molar refractivity (Wildman–Crippen MR) is 111 cm³/mol. The first-order valence-electron chi connectivity index (χ1n) is 9.26. The minimum absolute atomic E-state index is 0.120. The van der Waals surface area contributed by atoms with E-state index in [-0.39, 0.29) is 36.0 Å². The van der Waals surface area contributed by atoms with Crippen LogP contribution < -0.4 is 14.8 Å². The third-order valence-corrected chi connectivity index (χ3v) is 4.94. The van der Waals surface area contributed by atoms with Crippen LogP contribution >= 0.6 is 11.8 Å². The van der Waals surface area contributed by atoms with Crippen molar-refractivity contribution in [3.05, 3.63) is 54.1 Å². The average Bonchev–Trinajstić information content (AvgIpc) is 3.05. The summed E-state index contributed by atoms with van der Waals surface area (Å²) in [6, 6.07) is 14.1. The highest BCUT2D eigenvalue weighted by molar-refractivity contribution is 8.14. The molecule has 3 amide bonds. The molecule has 29 heavy (non-hydrogen) atoms. The maximum atomic E-state index is 12.1. The van der Waals surface area contributed by atoms with E-state index in [0.717, 1.165) is 29.5 Å². The summed E-state index contributed by atoms with van der Waals surface area (Å²) in [5.41, 5.74) is 1.42. The van der Waals surface area contributed by atoms with Gasteiger partial charge in [-0.1, -0.05) is 30.8 Å². The Kier molecular flexibility index (Phi) is 7.13. The zero-order valence-corrected chi connectivity index (χ0v) is 16.9. The quantitative estimate of drug-likeness (QED) is 0.674. The van der Waals surface area contributed by atoms with E-state index in [2.05, 4.69) is 5.32 Å². The normalized spacial score (nSPS) is 13.5. The Morgan fingerprint density at radius 3 is 2.28 bits per heavy atom. The Morgan fingerprint density at radius 1 is 1.03 bits per heavy atom. The number of anilines is 1. The average molecular weight is 414 g/mol. The van der Waals surface area contributed by atoms with E-state index in [9.17, 15) is 14.4 Å². The van der Waals surface area contributed by atoms with Crippen LogP contribution in [0.1, 0.15) is 18.9 Å². The minimum Gasteiger partial charge on any atom is -0.494 e. The van der Waals surface area contributed by atoms with E-state index >= 15 is 0 Å². The number of hydrogen-bond donors (Lipinski definition) is 1. The molecule has 0 atom stereocenters. The van der Waals surface area contributed by atoms with Crippen molar-refractivity contribution < 1.29 is 23.9 Å². The lowest BCUT2D eigenvalue weighted by Gasteiger charge is -2.13. The lowest BCUT2D eigenvalue weighted by atomic mass is 10.2. The molecule has 2 aromatic carbocycles. The van der Waals surface area contributed by atoms with Gasteiger partial charge in [-0.15, -0.1) is 0 Å². The fraction of sp³-hybridized carbons (Fsp3) is 0.286. The summed E-state index contributed by atoms with van der Waals surface area (Å²) in [5, 5.41) is 2.52. The van der Waals surface area contributed by atoms with E-state index in [0.29, 0.717) is 18.0 Å². The van der Waals surface area contributed by atoms with Gasteiger partial charge in [-0.3, -0.25) is 19.3 Å². The number of carbonyl (C=O) groups is 3. The van der Waals surface area contributed by atoms with E-state index in [1.54, 1.807) is 48.5 Å². The molecule has 1 fully saturated rings. The number of thioether (sulfide) groups is 1. The Morgan fingerprint density at radius 2 is 1.69 bits per heavy atom. The van der Waals surface area contributed by atoms with Gasteiger partial charge >= 0.3 is 0 Å². The van der Waals surface area contributed by atoms with Crippen LogP contribution in [0.2, 0.25) is 0 Å². The largest absolute Gasteiger partial charge is 0.494 e. The molecule has 0 aromatic heterocycles. The number of ether oxygens (including phenoxy) is 2. The summed E-state index contributed by atoms with van der Waals surface area (Å²) in [5.74, 6) is 1.07. The van der Waals surface area contributed by atoms with Crippen molar-refractivity contribution in [3.63, 3.8) is 0 Å². The minimum atomic E-state index is -0.287. The summed E-state index contributed by atoms with van der Waals surface area (Å²) in [4.78, 5) is 36.6. The lowest BCUT2D eigenvalue weighted by molar-refractivity contribution is -0.125. The Hall–Kier alpha value is -3.00. The first kappa shape index (κ1) is 20.7. The highest BCUT2D eigenvalue weighted by Gasteiger charge is 2.29. The van der Waals surface area contributed by atoms with Crippen molar-refractivity contribution in [3.8, 4) is 11.5 Å². The molecule has 1 aliphatic rings. The molecule has 0 aliphatic carbocycles. The Bertz CT molecular complexity index is 852. The molecule has 1 aliphatic heterocycles. The van der Waals surface area contributed by atoms with Gasteiger partial charge in [-0.25, -0.2) is 0 Å². The van der Waals surface area contributed by atoms with E-state index in [1.165, 1.54) is 4.90 Å². The molecule has 2 aromatic rings. The molecule has 1 saturated heterocycles. The molecule has 0 spiro atoms. The van der Waals surface area contributed by atoms with E-state index < -0.39 is 0 Å². The third kappa shape index (κ3) is 5.99. The Balaban J connectivity index is 1.45. The molecule has 8 heteroatoms. The summed E-state index contributed by atoms with van der Waals surface area (Å²) in [6.07, 6.45) is 0.937. The van der Waals surface area contributed by atoms with Crippen molar-refractivity contribution in [2.24, 2.45) is 0 Å². The second kappa shape index (κ2) is 9.97. The SMILES string of the molecule is CCCOc1ccc(OCC(=O)Nc2ccc(CN3C(=O)CSC3=O)cc2)cc1. The molecule has 7 nitrogen and oxygen atoms in total. The smallest absolute Gasteiger partial charge is 0.289 e. The van der Waals surface area contributed by atoms with Crippen LogP contribution in [0.3, 0.4) is 0 Å². The van der Waals surface area contributed by atoms with Crippen molar-refractivity contribution in [2.45, 2.75) is 19.9 Å². The van der Waals surface area contributed by atoms with Crippen molar-refractivity contribution >= 4 is 34.5 Å². The zero-order valence-electron chi connectivity index (χ0n) is 16.1. The van der Waals surface area contributed by atoms with Crippen LogP contribution in [0, 0.1) is 0 Å². The number of hydrogen-bond acceptors (Lipinski definition) is 6. The maximum Gasteiger partial charge on any atom is 0.289 e. The Labute approximate surface area is 173 Å². The second-order valence-corrected chi connectivity index (χ2v) is 7.31. The van der Waals surface area contributed by atoms with Crippen LogP contribution in [-0.4, -0.2) is 40.9 Å². The monoisotopic (exact) mass is 414 g/mol. The van der Waals surface area contributed by atoms with Crippen molar-refractivity contribution in [1.82, 2.24) is 4.90 Å². The molecule has 0 saturated carbocycles. The summed E-state index contributed by atoms with van der Waals surface area (Å²) in [7, 11) is 0. The fourth-order valence-corrected chi connectivity index (χ4v) is 3.33. The van der Waals surface area contributed by atoms with Gasteiger partial charge in [0.1, 0.15) is 11.5 Å². The van der Waals surface area contributed by atoms with Crippen LogP contribution in [-0.2, 0) is 16.1 Å². The van der Waals surface area contributed by atoms with Crippen molar-refractivity contribution in [1.29, 1.82) is 0 Å². The first-order valence-corrected chi connectivity index (χ1v) is 10.3. The van der Waals surface area contributed by atoms with E-state index in [4.69, 9.17) is 9.47 Å². The van der Waals surface area contributed by atoms with E-state index in [1.807, 2.05) is 6.92 Å². The molecule has 0 unspecified atom stereocenters. The van der Waals surface area contributed by atoms with Crippen LogP contribution in [0.25, 0.3) is 0 Å². The van der Waals surface area contributed by atoms with Gasteiger partial charge in [-0.2, -0.15) is 0 Å². The molecule has 1 N–H and O–H groups in total. The van der Waals surface area contributed by atoms with Gasteiger partial charge in [0.15, 0.2) is 6.61 Å². The van der Waals surface area contributed by atoms with Crippen molar-refractivity contribution in [2.75, 3.05) is 24.3 Å². The third-order valence-electron chi connectivity index (χ3n) is 4.09. The summed E-state index contributed by atoms with van der Waals surface area (Å²) in [6.45, 7) is 2.81. The van der Waals surface area contributed by atoms with Gasteiger partial charge in [0.25, 0.3) is 11.1 Å². The number of rotatable bonds is 9. The number of nitrogens with zero attached hydrogens (tertiary/aromatic N) is 1. The molecular formula is C21H22N2O5S. The first-order chi connectivity index (χ1) is 14.0. The number of imide groups is 1. The highest BCUT2D eigenvalue weighted by Crippen LogP contribution is 2.22. The van der Waals surface area contributed by atoms with Crippen LogP contribution in [0.4, 0.5) is 10.5 Å². The van der Waals surface area contributed by atoms with Gasteiger partial charge in [0.05, 0.1) is 18.9 Å². The molecule has 0 radical (unpaired) electrons. The molecule has 152 valence electrons. The van der Waals surface area contributed by atoms with Gasteiger partial charge in [0.2, 0.25) is 5.91 Å². The lowest BCUT2D eigenvalue weighted by Crippen LogP contribution is -2.27. The topological polar surface area (TPSA) is 84.9 Å².